The fourth-order valence-corrected chi connectivity index (χ4v) is 3.78. The summed E-state index contributed by atoms with van der Waals surface area (Å²) in [6.07, 6.45) is 0.666. The maximum absolute atomic E-state index is 12.2. The molecule has 0 aliphatic heterocycles. The Bertz CT molecular complexity index is 1150. The highest BCUT2D eigenvalue weighted by Gasteiger charge is 2.08. The Morgan fingerprint density at radius 3 is 2.73 bits per heavy atom. The summed E-state index contributed by atoms with van der Waals surface area (Å²) in [7, 11) is 0. The maximum Gasteiger partial charge on any atom is 0.319 e. The number of nitrogens with one attached hydrogen (secondary N) is 2. The van der Waals surface area contributed by atoms with E-state index in [-0.39, 0.29) is 6.03 Å². The van der Waals surface area contributed by atoms with Crippen molar-refractivity contribution in [2.75, 3.05) is 11.9 Å². The van der Waals surface area contributed by atoms with Crippen LogP contribution in [0.2, 0.25) is 0 Å². The number of rotatable bonds is 6. The van der Waals surface area contributed by atoms with Gasteiger partial charge in [-0.05, 0) is 42.5 Å². The molecule has 0 unspecified atom stereocenters. The Hall–Kier alpha value is -3.59. The van der Waals surface area contributed by atoms with Crippen molar-refractivity contribution in [3.8, 4) is 16.3 Å². The van der Waals surface area contributed by atoms with Crippen LogP contribution in [-0.4, -0.2) is 37.8 Å². The number of hydrogen-bond acceptors (Lipinski definition) is 6. The van der Waals surface area contributed by atoms with E-state index in [9.17, 15) is 4.79 Å². The molecule has 0 radical (unpaired) electrons. The van der Waals surface area contributed by atoms with Crippen molar-refractivity contribution in [3.63, 3.8) is 0 Å². The van der Waals surface area contributed by atoms with Crippen molar-refractivity contribution in [3.05, 3.63) is 71.0 Å². The highest BCUT2D eigenvalue weighted by molar-refractivity contribution is 7.13. The smallest absolute Gasteiger partial charge is 0.319 e. The number of hydrogen-bond donors (Lipinski definition) is 2. The third-order valence-electron chi connectivity index (χ3n) is 4.49. The number of anilines is 1. The molecule has 30 heavy (non-hydrogen) atoms. The van der Waals surface area contributed by atoms with Crippen LogP contribution in [0, 0.1) is 13.8 Å². The summed E-state index contributed by atoms with van der Waals surface area (Å²) in [4.78, 5) is 16.9. The van der Waals surface area contributed by atoms with Gasteiger partial charge in [-0.2, -0.15) is 4.68 Å². The third kappa shape index (κ3) is 4.69. The molecule has 0 saturated carbocycles. The summed E-state index contributed by atoms with van der Waals surface area (Å²) in [5.41, 5.74) is 4.74. The fourth-order valence-electron chi connectivity index (χ4n) is 2.92. The number of aromatic nitrogens is 5. The number of tetrazole rings is 1. The van der Waals surface area contributed by atoms with E-state index >= 15 is 0 Å². The Kier molecular flexibility index (Phi) is 5.80. The van der Waals surface area contributed by atoms with E-state index in [1.807, 2.05) is 36.6 Å². The summed E-state index contributed by atoms with van der Waals surface area (Å²) in [5, 5.41) is 20.2. The number of benzene rings is 2. The van der Waals surface area contributed by atoms with Crippen LogP contribution in [0.25, 0.3) is 16.3 Å². The molecule has 0 bridgehead atoms. The molecule has 2 aromatic heterocycles. The molecule has 0 aliphatic carbocycles. The monoisotopic (exact) mass is 419 g/mol. The lowest BCUT2D eigenvalue weighted by atomic mass is 10.2. The largest absolute Gasteiger partial charge is 0.337 e. The van der Waals surface area contributed by atoms with Gasteiger partial charge in [0.05, 0.1) is 11.4 Å². The second-order valence-corrected chi connectivity index (χ2v) is 7.69. The first kappa shape index (κ1) is 19.7. The lowest BCUT2D eigenvalue weighted by Gasteiger charge is -2.09. The van der Waals surface area contributed by atoms with Crippen LogP contribution in [0.4, 0.5) is 10.5 Å². The number of carbonyl (C=O) groups is 1. The summed E-state index contributed by atoms with van der Waals surface area (Å²) in [6.45, 7) is 4.38. The summed E-state index contributed by atoms with van der Waals surface area (Å²) >= 11 is 1.61. The van der Waals surface area contributed by atoms with Crippen LogP contribution in [0.5, 0.6) is 0 Å². The normalized spacial score (nSPS) is 10.7. The third-order valence-corrected chi connectivity index (χ3v) is 5.43. The van der Waals surface area contributed by atoms with E-state index in [2.05, 4.69) is 62.3 Å². The Labute approximate surface area is 178 Å². The van der Waals surface area contributed by atoms with E-state index in [4.69, 9.17) is 0 Å². The Balaban J connectivity index is 1.30. The van der Waals surface area contributed by atoms with E-state index in [1.165, 1.54) is 5.56 Å². The summed E-state index contributed by atoms with van der Waals surface area (Å²) in [5.74, 6) is 0.671. The standard InChI is InChI=1S/C21H21N7OS/c1-14-6-8-16(9-7-14)20-23-18(13-30-20)10-11-22-21(29)24-17-4-3-5-19(12-17)28-15(2)25-26-27-28/h3-9,12-13H,10-11H2,1-2H3,(H2,22,24,29). The van der Waals surface area contributed by atoms with Gasteiger partial charge in [-0.25, -0.2) is 9.78 Å². The molecule has 0 fully saturated rings. The average molecular weight is 420 g/mol. The van der Waals surface area contributed by atoms with Crippen molar-refractivity contribution < 1.29 is 4.79 Å². The molecular formula is C21H21N7OS. The van der Waals surface area contributed by atoms with Gasteiger partial charge in [0, 0.05) is 29.6 Å². The van der Waals surface area contributed by atoms with Crippen molar-refractivity contribution >= 4 is 23.1 Å². The van der Waals surface area contributed by atoms with Crippen molar-refractivity contribution in [2.24, 2.45) is 0 Å². The van der Waals surface area contributed by atoms with Crippen molar-refractivity contribution in [2.45, 2.75) is 20.3 Å². The molecular weight excluding hydrogens is 398 g/mol. The van der Waals surface area contributed by atoms with Crippen molar-refractivity contribution in [1.29, 1.82) is 0 Å². The predicted molar refractivity (Wildman–Crippen MR) is 117 cm³/mol. The zero-order chi connectivity index (χ0) is 20.9. The van der Waals surface area contributed by atoms with Crippen molar-refractivity contribution in [1.82, 2.24) is 30.5 Å². The van der Waals surface area contributed by atoms with Crippen LogP contribution in [0.15, 0.2) is 53.9 Å². The number of thiazole rings is 1. The molecule has 0 atom stereocenters. The summed E-state index contributed by atoms with van der Waals surface area (Å²) < 4.78 is 1.61. The first-order chi connectivity index (χ1) is 14.6. The van der Waals surface area contributed by atoms with Crippen LogP contribution in [0.3, 0.4) is 0 Å². The first-order valence-electron chi connectivity index (χ1n) is 9.50. The van der Waals surface area contributed by atoms with Crippen LogP contribution < -0.4 is 10.6 Å². The molecule has 4 rings (SSSR count). The van der Waals surface area contributed by atoms with Gasteiger partial charge in [0.25, 0.3) is 0 Å². The Morgan fingerprint density at radius 1 is 1.13 bits per heavy atom. The van der Waals surface area contributed by atoms with Gasteiger partial charge in [0.1, 0.15) is 5.01 Å². The SMILES string of the molecule is Cc1ccc(-c2nc(CCNC(=O)Nc3cccc(-n4nnnc4C)c3)cs2)cc1. The lowest BCUT2D eigenvalue weighted by Crippen LogP contribution is -2.30. The highest BCUT2D eigenvalue weighted by Crippen LogP contribution is 2.24. The topological polar surface area (TPSA) is 97.6 Å². The zero-order valence-electron chi connectivity index (χ0n) is 16.7. The second kappa shape index (κ2) is 8.83. The number of aryl methyl sites for hydroxylation is 2. The van der Waals surface area contributed by atoms with E-state index in [0.29, 0.717) is 24.5 Å². The quantitative estimate of drug-likeness (QED) is 0.496. The Morgan fingerprint density at radius 2 is 1.97 bits per heavy atom. The molecule has 152 valence electrons. The number of nitrogens with zero attached hydrogens (tertiary/aromatic N) is 5. The number of amides is 2. The molecule has 2 N–H and O–H groups in total. The van der Waals surface area contributed by atoms with Gasteiger partial charge in [-0.1, -0.05) is 35.9 Å². The molecule has 2 heterocycles. The highest BCUT2D eigenvalue weighted by atomic mass is 32.1. The molecule has 4 aromatic rings. The molecule has 0 saturated heterocycles. The zero-order valence-corrected chi connectivity index (χ0v) is 17.5. The van der Waals surface area contributed by atoms with Gasteiger partial charge in [-0.15, -0.1) is 16.4 Å². The van der Waals surface area contributed by atoms with Gasteiger partial charge in [-0.3, -0.25) is 0 Å². The molecule has 0 aliphatic rings. The van der Waals surface area contributed by atoms with E-state index < -0.39 is 0 Å². The average Bonchev–Trinajstić information content (AvgIpc) is 3.38. The maximum atomic E-state index is 12.2. The molecule has 2 aromatic carbocycles. The lowest BCUT2D eigenvalue weighted by molar-refractivity contribution is 0.252. The fraction of sp³-hybridized carbons (Fsp3) is 0.190. The van der Waals surface area contributed by atoms with Crippen LogP contribution in [0.1, 0.15) is 17.1 Å². The minimum atomic E-state index is -0.269. The van der Waals surface area contributed by atoms with Gasteiger partial charge >= 0.3 is 6.03 Å². The second-order valence-electron chi connectivity index (χ2n) is 6.83. The minimum Gasteiger partial charge on any atom is -0.337 e. The number of urea groups is 1. The van der Waals surface area contributed by atoms with Crippen LogP contribution in [-0.2, 0) is 6.42 Å². The number of carbonyl (C=O) groups excluding carboxylic acids is 1. The van der Waals surface area contributed by atoms with Gasteiger partial charge in [0.2, 0.25) is 0 Å². The van der Waals surface area contributed by atoms with Gasteiger partial charge < -0.3 is 10.6 Å². The van der Waals surface area contributed by atoms with E-state index in [0.717, 1.165) is 22.0 Å². The minimum absolute atomic E-state index is 0.269. The summed E-state index contributed by atoms with van der Waals surface area (Å²) in [6, 6.07) is 15.4. The molecule has 0 spiro atoms. The molecule has 2 amide bonds. The first-order valence-corrected chi connectivity index (χ1v) is 10.4. The molecule has 9 heteroatoms. The predicted octanol–water partition coefficient (Wildman–Crippen LogP) is 3.77. The van der Waals surface area contributed by atoms with Crippen LogP contribution >= 0.6 is 11.3 Å². The molecule has 8 nitrogen and oxygen atoms in total. The van der Waals surface area contributed by atoms with Gasteiger partial charge in [0.15, 0.2) is 5.82 Å². The van der Waals surface area contributed by atoms with E-state index in [1.54, 1.807) is 16.0 Å².